The van der Waals surface area contributed by atoms with Crippen LogP contribution in [-0.4, -0.2) is 23.8 Å². The van der Waals surface area contributed by atoms with Crippen LogP contribution in [0.1, 0.15) is 32.1 Å². The van der Waals surface area contributed by atoms with Gasteiger partial charge in [-0.2, -0.15) is 0 Å². The van der Waals surface area contributed by atoms with Crippen molar-refractivity contribution in [1.82, 2.24) is 5.32 Å². The van der Waals surface area contributed by atoms with Gasteiger partial charge in [0.25, 0.3) is 0 Å². The second-order valence-corrected chi connectivity index (χ2v) is 3.95. The van der Waals surface area contributed by atoms with Crippen LogP contribution in [0.15, 0.2) is 0 Å². The molecule has 1 heterocycles. The topological polar surface area (TPSA) is 32.3 Å². The fourth-order valence-electron chi connectivity index (χ4n) is 2.48. The molecule has 0 aromatic carbocycles. The van der Waals surface area contributed by atoms with Crippen molar-refractivity contribution in [3.8, 4) is 0 Å². The normalized spacial score (nSPS) is 45.0. The van der Waals surface area contributed by atoms with Crippen LogP contribution >= 0.6 is 0 Å². The lowest BCUT2D eigenvalue weighted by Gasteiger charge is -2.38. The number of piperidine rings is 1. The molecule has 2 aliphatic rings. The maximum absolute atomic E-state index is 9.39. The summed E-state index contributed by atoms with van der Waals surface area (Å²) in [4.78, 5) is 0. The van der Waals surface area contributed by atoms with Crippen LogP contribution in [0.2, 0.25) is 0 Å². The largest absolute Gasteiger partial charge is 0.392 e. The minimum atomic E-state index is -0.0747. The Balaban J connectivity index is 1.93. The smallest absolute Gasteiger partial charge is 0.0667 e. The van der Waals surface area contributed by atoms with Gasteiger partial charge in [0.2, 0.25) is 0 Å². The third-order valence-corrected chi connectivity index (χ3v) is 3.10. The molecule has 11 heavy (non-hydrogen) atoms. The summed E-state index contributed by atoms with van der Waals surface area (Å²) >= 11 is 0. The highest BCUT2D eigenvalue weighted by Crippen LogP contribution is 2.30. The first-order valence-electron chi connectivity index (χ1n) is 4.78. The van der Waals surface area contributed by atoms with Gasteiger partial charge in [-0.05, 0) is 25.2 Å². The molecule has 64 valence electrons. The molecule has 0 aromatic heterocycles. The summed E-state index contributed by atoms with van der Waals surface area (Å²) < 4.78 is 0. The first kappa shape index (κ1) is 7.56. The molecule has 2 fully saturated rings. The molecular formula is C9H17NO. The molecule has 2 heteroatoms. The molecule has 1 saturated carbocycles. The highest BCUT2D eigenvalue weighted by Gasteiger charge is 2.30. The Labute approximate surface area is 68.0 Å². The predicted octanol–water partition coefficient (Wildman–Crippen LogP) is 0.899. The predicted molar refractivity (Wildman–Crippen MR) is 44.4 cm³/mol. The molecule has 0 radical (unpaired) electrons. The maximum atomic E-state index is 9.39. The Morgan fingerprint density at radius 2 is 2.00 bits per heavy atom. The zero-order valence-corrected chi connectivity index (χ0v) is 6.92. The number of nitrogens with one attached hydrogen (secondary N) is 1. The fraction of sp³-hybridized carbons (Fsp3) is 1.00. The Kier molecular flexibility index (Phi) is 2.14. The van der Waals surface area contributed by atoms with Gasteiger partial charge in [0, 0.05) is 12.6 Å². The van der Waals surface area contributed by atoms with E-state index in [-0.39, 0.29) is 6.10 Å². The second-order valence-electron chi connectivity index (χ2n) is 3.95. The number of aliphatic hydroxyl groups is 1. The molecule has 1 saturated heterocycles. The molecule has 0 unspecified atom stereocenters. The zero-order chi connectivity index (χ0) is 7.68. The van der Waals surface area contributed by atoms with Crippen molar-refractivity contribution in [3.63, 3.8) is 0 Å². The third-order valence-electron chi connectivity index (χ3n) is 3.10. The molecule has 3 atom stereocenters. The van der Waals surface area contributed by atoms with Crippen LogP contribution < -0.4 is 5.32 Å². The van der Waals surface area contributed by atoms with E-state index in [2.05, 4.69) is 5.32 Å². The summed E-state index contributed by atoms with van der Waals surface area (Å²) in [5.74, 6) is 0.771. The van der Waals surface area contributed by atoms with Crippen LogP contribution in [0, 0.1) is 5.92 Å². The van der Waals surface area contributed by atoms with E-state index in [1.807, 2.05) is 0 Å². The second kappa shape index (κ2) is 3.11. The number of aliphatic hydroxyl groups excluding tert-OH is 1. The lowest BCUT2D eigenvalue weighted by atomic mass is 9.79. The van der Waals surface area contributed by atoms with E-state index >= 15 is 0 Å². The van der Waals surface area contributed by atoms with Crippen molar-refractivity contribution in [2.75, 3.05) is 6.54 Å². The lowest BCUT2D eigenvalue weighted by Crippen LogP contribution is -2.48. The maximum Gasteiger partial charge on any atom is 0.0667 e. The van der Waals surface area contributed by atoms with Crippen molar-refractivity contribution >= 4 is 0 Å². The quantitative estimate of drug-likeness (QED) is 0.544. The highest BCUT2D eigenvalue weighted by molar-refractivity contribution is 4.87. The molecule has 2 N–H and O–H groups in total. The van der Waals surface area contributed by atoms with Gasteiger partial charge in [-0.25, -0.2) is 0 Å². The number of β-amino-alcohol motifs (C(OH)–C–C–N with tert-alkyl or cyclic N) is 1. The van der Waals surface area contributed by atoms with Crippen molar-refractivity contribution in [3.05, 3.63) is 0 Å². The first-order chi connectivity index (χ1) is 5.36. The average Bonchev–Trinajstić information content (AvgIpc) is 2.04. The van der Waals surface area contributed by atoms with E-state index in [0.29, 0.717) is 0 Å². The lowest BCUT2D eigenvalue weighted by molar-refractivity contribution is 0.0728. The minimum absolute atomic E-state index is 0.0747. The van der Waals surface area contributed by atoms with Gasteiger partial charge in [0.05, 0.1) is 6.10 Å². The SMILES string of the molecule is O[C@@H]1CN[C@@H]2CCCC[C@H]2C1. The summed E-state index contributed by atoms with van der Waals surface area (Å²) in [6.45, 7) is 0.821. The number of hydrogen-bond donors (Lipinski definition) is 2. The van der Waals surface area contributed by atoms with Crippen molar-refractivity contribution in [2.24, 2.45) is 5.92 Å². The standard InChI is InChI=1S/C9H17NO/c11-8-5-7-3-1-2-4-9(7)10-6-8/h7-11H,1-6H2/t7-,8-,9+/m0/s1. The molecule has 1 aliphatic carbocycles. The van der Waals surface area contributed by atoms with E-state index in [1.54, 1.807) is 0 Å². The molecule has 1 aliphatic heterocycles. The molecule has 2 nitrogen and oxygen atoms in total. The minimum Gasteiger partial charge on any atom is -0.392 e. The molecule has 0 spiro atoms. The third kappa shape index (κ3) is 1.57. The van der Waals surface area contributed by atoms with Gasteiger partial charge in [-0.15, -0.1) is 0 Å². The molecule has 2 rings (SSSR count). The first-order valence-corrected chi connectivity index (χ1v) is 4.78. The van der Waals surface area contributed by atoms with Crippen LogP contribution in [0.4, 0.5) is 0 Å². The molecule has 0 aromatic rings. The fourth-order valence-corrected chi connectivity index (χ4v) is 2.48. The Bertz CT molecular complexity index is 138. The summed E-state index contributed by atoms with van der Waals surface area (Å²) in [6.07, 6.45) is 6.37. The van der Waals surface area contributed by atoms with Crippen LogP contribution in [0.5, 0.6) is 0 Å². The summed E-state index contributed by atoms with van der Waals surface area (Å²) in [7, 11) is 0. The zero-order valence-electron chi connectivity index (χ0n) is 6.92. The number of fused-ring (bicyclic) bond motifs is 1. The summed E-state index contributed by atoms with van der Waals surface area (Å²) in [5, 5.41) is 12.8. The van der Waals surface area contributed by atoms with Crippen LogP contribution in [0.3, 0.4) is 0 Å². The van der Waals surface area contributed by atoms with Crippen LogP contribution in [0.25, 0.3) is 0 Å². The average molecular weight is 155 g/mol. The molecule has 0 amide bonds. The number of hydrogen-bond acceptors (Lipinski definition) is 2. The van der Waals surface area contributed by atoms with Gasteiger partial charge in [-0.3, -0.25) is 0 Å². The Morgan fingerprint density at radius 1 is 1.18 bits per heavy atom. The van der Waals surface area contributed by atoms with E-state index in [0.717, 1.165) is 24.9 Å². The molecule has 0 bridgehead atoms. The highest BCUT2D eigenvalue weighted by atomic mass is 16.3. The molecular weight excluding hydrogens is 138 g/mol. The van der Waals surface area contributed by atoms with Gasteiger partial charge in [0.1, 0.15) is 0 Å². The summed E-state index contributed by atoms with van der Waals surface area (Å²) in [5.41, 5.74) is 0. The van der Waals surface area contributed by atoms with E-state index in [1.165, 1.54) is 25.7 Å². The van der Waals surface area contributed by atoms with Gasteiger partial charge >= 0.3 is 0 Å². The van der Waals surface area contributed by atoms with E-state index < -0.39 is 0 Å². The Morgan fingerprint density at radius 3 is 2.91 bits per heavy atom. The van der Waals surface area contributed by atoms with Crippen molar-refractivity contribution < 1.29 is 5.11 Å². The van der Waals surface area contributed by atoms with Crippen molar-refractivity contribution in [1.29, 1.82) is 0 Å². The number of rotatable bonds is 0. The van der Waals surface area contributed by atoms with Gasteiger partial charge in [-0.1, -0.05) is 12.8 Å². The Hall–Kier alpha value is -0.0800. The van der Waals surface area contributed by atoms with Crippen LogP contribution in [-0.2, 0) is 0 Å². The van der Waals surface area contributed by atoms with E-state index in [9.17, 15) is 5.11 Å². The summed E-state index contributed by atoms with van der Waals surface area (Å²) in [6, 6.07) is 0.729. The van der Waals surface area contributed by atoms with Gasteiger partial charge in [0.15, 0.2) is 0 Å². The van der Waals surface area contributed by atoms with Gasteiger partial charge < -0.3 is 10.4 Å². The van der Waals surface area contributed by atoms with Crippen molar-refractivity contribution in [2.45, 2.75) is 44.2 Å². The van der Waals surface area contributed by atoms with E-state index in [4.69, 9.17) is 0 Å². The monoisotopic (exact) mass is 155 g/mol.